The molecule has 0 aromatic rings. The predicted octanol–water partition coefficient (Wildman–Crippen LogP) is 2.41. The van der Waals surface area contributed by atoms with Gasteiger partial charge >= 0.3 is 0 Å². The van der Waals surface area contributed by atoms with Gasteiger partial charge in [0.05, 0.1) is 0 Å². The van der Waals surface area contributed by atoms with Gasteiger partial charge in [0.1, 0.15) is 0 Å². The van der Waals surface area contributed by atoms with Crippen molar-refractivity contribution in [2.45, 2.75) is 52.5 Å². The molecule has 1 aliphatic carbocycles. The highest BCUT2D eigenvalue weighted by molar-refractivity contribution is 4.86. The van der Waals surface area contributed by atoms with Crippen molar-refractivity contribution < 1.29 is 0 Å². The maximum atomic E-state index is 6.13. The lowest BCUT2D eigenvalue weighted by Crippen LogP contribution is -2.55. The Morgan fingerprint density at radius 2 is 1.60 bits per heavy atom. The number of nitrogens with zero attached hydrogens (tertiary/aromatic N) is 2. The summed E-state index contributed by atoms with van der Waals surface area (Å²) in [6, 6.07) is 0.642. The summed E-state index contributed by atoms with van der Waals surface area (Å²) >= 11 is 0. The highest BCUT2D eigenvalue weighted by Crippen LogP contribution is 2.32. The van der Waals surface area contributed by atoms with Gasteiger partial charge in [0.2, 0.25) is 0 Å². The fraction of sp³-hybridized carbons (Fsp3) is 1.00. The molecule has 0 aromatic heterocycles. The van der Waals surface area contributed by atoms with Gasteiger partial charge in [-0.25, -0.2) is 0 Å². The highest BCUT2D eigenvalue weighted by atomic mass is 15.3. The van der Waals surface area contributed by atoms with Crippen LogP contribution in [0.2, 0.25) is 0 Å². The van der Waals surface area contributed by atoms with Crippen LogP contribution in [0.1, 0.15) is 46.5 Å². The Hall–Kier alpha value is -0.120. The predicted molar refractivity (Wildman–Crippen MR) is 86.8 cm³/mol. The zero-order chi connectivity index (χ0) is 14.5. The standard InChI is InChI=1S/C17H35N3/c1-14(2)13-19-8-10-20(11-9-19)17(12-18)16-6-4-15(3)5-7-16/h14-17H,4-13,18H2,1-3H3. The molecule has 2 fully saturated rings. The van der Waals surface area contributed by atoms with Crippen molar-refractivity contribution in [2.24, 2.45) is 23.5 Å². The molecule has 2 aliphatic rings. The van der Waals surface area contributed by atoms with E-state index in [4.69, 9.17) is 5.73 Å². The molecule has 1 saturated heterocycles. The Morgan fingerprint density at radius 3 is 2.10 bits per heavy atom. The monoisotopic (exact) mass is 281 g/mol. The summed E-state index contributed by atoms with van der Waals surface area (Å²) in [4.78, 5) is 5.31. The lowest BCUT2D eigenvalue weighted by atomic mass is 9.78. The number of hydrogen-bond acceptors (Lipinski definition) is 3. The van der Waals surface area contributed by atoms with Crippen molar-refractivity contribution in [1.29, 1.82) is 0 Å². The van der Waals surface area contributed by atoms with Crippen molar-refractivity contribution in [1.82, 2.24) is 9.80 Å². The third-order valence-electron chi connectivity index (χ3n) is 5.35. The molecule has 20 heavy (non-hydrogen) atoms. The molecule has 2 N–H and O–H groups in total. The molecule has 118 valence electrons. The molecular weight excluding hydrogens is 246 g/mol. The van der Waals surface area contributed by atoms with E-state index < -0.39 is 0 Å². The summed E-state index contributed by atoms with van der Waals surface area (Å²) in [6.07, 6.45) is 5.62. The number of piperazine rings is 1. The summed E-state index contributed by atoms with van der Waals surface area (Å²) in [6.45, 7) is 14.1. The fourth-order valence-corrected chi connectivity index (χ4v) is 4.10. The largest absolute Gasteiger partial charge is 0.329 e. The van der Waals surface area contributed by atoms with E-state index in [2.05, 4.69) is 30.6 Å². The first-order chi connectivity index (χ1) is 9.60. The summed E-state index contributed by atoms with van der Waals surface area (Å²) in [5, 5.41) is 0. The van der Waals surface area contributed by atoms with Gasteiger partial charge in [0.25, 0.3) is 0 Å². The Kier molecular flexibility index (Phi) is 6.31. The summed E-state index contributed by atoms with van der Waals surface area (Å²) in [5.74, 6) is 2.58. The molecule has 3 nitrogen and oxygen atoms in total. The Bertz CT molecular complexity index is 263. The van der Waals surface area contributed by atoms with E-state index in [0.717, 1.165) is 24.3 Å². The zero-order valence-electron chi connectivity index (χ0n) is 13.9. The molecule has 0 spiro atoms. The van der Waals surface area contributed by atoms with Crippen LogP contribution in [-0.2, 0) is 0 Å². The van der Waals surface area contributed by atoms with Crippen LogP contribution >= 0.6 is 0 Å². The zero-order valence-corrected chi connectivity index (χ0v) is 13.9. The topological polar surface area (TPSA) is 32.5 Å². The quantitative estimate of drug-likeness (QED) is 0.840. The van der Waals surface area contributed by atoms with Gasteiger partial charge in [-0.1, -0.05) is 33.6 Å². The summed E-state index contributed by atoms with van der Waals surface area (Å²) < 4.78 is 0. The van der Waals surface area contributed by atoms with Crippen LogP contribution in [0.3, 0.4) is 0 Å². The summed E-state index contributed by atoms with van der Waals surface area (Å²) in [7, 11) is 0. The minimum absolute atomic E-state index is 0.642. The van der Waals surface area contributed by atoms with Gasteiger partial charge in [-0.15, -0.1) is 0 Å². The molecule has 3 heteroatoms. The van der Waals surface area contributed by atoms with E-state index in [1.807, 2.05) is 0 Å². The number of hydrogen-bond donors (Lipinski definition) is 1. The van der Waals surface area contributed by atoms with Gasteiger partial charge in [-0.3, -0.25) is 4.90 Å². The fourth-order valence-electron chi connectivity index (χ4n) is 4.10. The van der Waals surface area contributed by atoms with Crippen LogP contribution in [0, 0.1) is 17.8 Å². The second-order valence-electron chi connectivity index (χ2n) is 7.55. The van der Waals surface area contributed by atoms with Gasteiger partial charge in [-0.2, -0.15) is 0 Å². The third kappa shape index (κ3) is 4.44. The van der Waals surface area contributed by atoms with Crippen LogP contribution in [0.4, 0.5) is 0 Å². The van der Waals surface area contributed by atoms with E-state index in [0.29, 0.717) is 6.04 Å². The smallest absolute Gasteiger partial charge is 0.0247 e. The lowest BCUT2D eigenvalue weighted by Gasteiger charge is -2.43. The molecule has 0 radical (unpaired) electrons. The summed E-state index contributed by atoms with van der Waals surface area (Å²) in [5.41, 5.74) is 6.13. The van der Waals surface area contributed by atoms with Gasteiger partial charge in [-0.05, 0) is 30.6 Å². The highest BCUT2D eigenvalue weighted by Gasteiger charge is 2.31. The third-order valence-corrected chi connectivity index (χ3v) is 5.35. The number of nitrogens with two attached hydrogens (primary N) is 1. The van der Waals surface area contributed by atoms with E-state index in [1.54, 1.807) is 0 Å². The molecule has 1 heterocycles. The first-order valence-corrected chi connectivity index (χ1v) is 8.76. The average Bonchev–Trinajstić information content (AvgIpc) is 2.43. The molecule has 0 aromatic carbocycles. The van der Waals surface area contributed by atoms with Crippen LogP contribution in [-0.4, -0.2) is 55.1 Å². The van der Waals surface area contributed by atoms with E-state index in [1.165, 1.54) is 58.4 Å². The van der Waals surface area contributed by atoms with E-state index >= 15 is 0 Å². The molecule has 0 bridgehead atoms. The van der Waals surface area contributed by atoms with Crippen LogP contribution < -0.4 is 5.73 Å². The van der Waals surface area contributed by atoms with Crippen molar-refractivity contribution in [3.05, 3.63) is 0 Å². The normalized spacial score (nSPS) is 31.6. The first kappa shape index (κ1) is 16.3. The first-order valence-electron chi connectivity index (χ1n) is 8.76. The SMILES string of the molecule is CC(C)CN1CCN(C(CN)C2CCC(C)CC2)CC1. The minimum atomic E-state index is 0.642. The lowest BCUT2D eigenvalue weighted by molar-refractivity contribution is 0.0537. The van der Waals surface area contributed by atoms with Crippen molar-refractivity contribution in [2.75, 3.05) is 39.3 Å². The molecule has 0 amide bonds. The van der Waals surface area contributed by atoms with Crippen molar-refractivity contribution in [3.8, 4) is 0 Å². The van der Waals surface area contributed by atoms with E-state index in [-0.39, 0.29) is 0 Å². The van der Waals surface area contributed by atoms with Crippen molar-refractivity contribution >= 4 is 0 Å². The molecule has 1 atom stereocenters. The minimum Gasteiger partial charge on any atom is -0.329 e. The molecule has 2 rings (SSSR count). The Balaban J connectivity index is 1.81. The van der Waals surface area contributed by atoms with Gasteiger partial charge in [0, 0.05) is 45.3 Å². The van der Waals surface area contributed by atoms with Crippen LogP contribution in [0.25, 0.3) is 0 Å². The maximum Gasteiger partial charge on any atom is 0.0247 e. The van der Waals surface area contributed by atoms with E-state index in [9.17, 15) is 0 Å². The average molecular weight is 281 g/mol. The molecular formula is C17H35N3. The molecule has 1 aliphatic heterocycles. The van der Waals surface area contributed by atoms with Crippen molar-refractivity contribution in [3.63, 3.8) is 0 Å². The second-order valence-corrected chi connectivity index (χ2v) is 7.55. The van der Waals surface area contributed by atoms with Gasteiger partial charge in [0.15, 0.2) is 0 Å². The Labute approximate surface area is 125 Å². The number of rotatable bonds is 5. The van der Waals surface area contributed by atoms with Gasteiger partial charge < -0.3 is 10.6 Å². The maximum absolute atomic E-state index is 6.13. The molecule has 1 unspecified atom stereocenters. The van der Waals surface area contributed by atoms with Crippen LogP contribution in [0.5, 0.6) is 0 Å². The Morgan fingerprint density at radius 1 is 1.00 bits per heavy atom. The molecule has 1 saturated carbocycles. The second kappa shape index (κ2) is 7.77. The van der Waals surface area contributed by atoms with Crippen LogP contribution in [0.15, 0.2) is 0 Å².